The first kappa shape index (κ1) is 12.4. The first-order chi connectivity index (χ1) is 8.11. The Hall–Kier alpha value is -1.03. The molecule has 2 rings (SSSR count). The molecule has 1 unspecified atom stereocenters. The zero-order chi connectivity index (χ0) is 12.4. The van der Waals surface area contributed by atoms with E-state index < -0.39 is 6.10 Å². The number of rotatable bonds is 3. The molecule has 1 aromatic carbocycles. The van der Waals surface area contributed by atoms with Crippen LogP contribution in [0.15, 0.2) is 30.5 Å². The number of hydrogen-bond acceptors (Lipinski definition) is 2. The Bertz CT molecular complexity index is 505. The van der Waals surface area contributed by atoms with Gasteiger partial charge < -0.3 is 5.11 Å². The third-order valence-corrected chi connectivity index (χ3v) is 2.97. The van der Waals surface area contributed by atoms with Gasteiger partial charge in [-0.3, -0.25) is 4.68 Å². The molecule has 0 saturated carbocycles. The lowest BCUT2D eigenvalue weighted by atomic mass is 10.1. The molecule has 0 aliphatic rings. The van der Waals surface area contributed by atoms with E-state index in [9.17, 15) is 5.11 Å². The van der Waals surface area contributed by atoms with Crippen molar-refractivity contribution in [3.05, 3.63) is 51.8 Å². The van der Waals surface area contributed by atoms with E-state index in [-0.39, 0.29) is 0 Å². The number of aryl methyl sites for hydroxylation is 1. The number of aromatic nitrogens is 2. The molecule has 0 spiro atoms. The van der Waals surface area contributed by atoms with Crippen LogP contribution < -0.4 is 0 Å². The molecule has 0 saturated heterocycles. The van der Waals surface area contributed by atoms with Crippen molar-refractivity contribution in [3.63, 3.8) is 0 Å². The minimum Gasteiger partial charge on any atom is -0.382 e. The Morgan fingerprint density at radius 3 is 2.53 bits per heavy atom. The Kier molecular flexibility index (Phi) is 3.72. The summed E-state index contributed by atoms with van der Waals surface area (Å²) in [6, 6.07) is 6.82. The number of aliphatic hydroxyl groups excluding tert-OH is 1. The average molecular weight is 271 g/mol. The highest BCUT2D eigenvalue weighted by Crippen LogP contribution is 2.27. The second-order valence-electron chi connectivity index (χ2n) is 3.68. The molecular formula is C12H12Cl2N2O. The van der Waals surface area contributed by atoms with E-state index in [0.29, 0.717) is 22.2 Å². The predicted octanol–water partition coefficient (Wildman–Crippen LogP) is 3.29. The van der Waals surface area contributed by atoms with Crippen LogP contribution in [-0.4, -0.2) is 14.9 Å². The Morgan fingerprint density at radius 2 is 1.94 bits per heavy atom. The highest BCUT2D eigenvalue weighted by Gasteiger charge is 2.15. The molecule has 1 atom stereocenters. The van der Waals surface area contributed by atoms with Crippen molar-refractivity contribution in [1.82, 2.24) is 9.78 Å². The Labute approximate surface area is 110 Å². The second kappa shape index (κ2) is 5.08. The second-order valence-corrected chi connectivity index (χ2v) is 4.55. The van der Waals surface area contributed by atoms with E-state index in [4.69, 9.17) is 23.2 Å². The van der Waals surface area contributed by atoms with Crippen molar-refractivity contribution in [2.45, 2.75) is 19.6 Å². The van der Waals surface area contributed by atoms with Gasteiger partial charge in [0.25, 0.3) is 0 Å². The minimum absolute atomic E-state index is 0.508. The fourth-order valence-corrected chi connectivity index (χ4v) is 2.29. The molecular weight excluding hydrogens is 259 g/mol. The maximum absolute atomic E-state index is 10.3. The smallest absolute Gasteiger partial charge is 0.121 e. The lowest BCUT2D eigenvalue weighted by Gasteiger charge is -2.13. The van der Waals surface area contributed by atoms with Gasteiger partial charge >= 0.3 is 0 Å². The first-order valence-corrected chi connectivity index (χ1v) is 6.03. The summed E-state index contributed by atoms with van der Waals surface area (Å²) < 4.78 is 1.74. The Balaban J connectivity index is 2.39. The molecule has 2 aromatic rings. The van der Waals surface area contributed by atoms with Crippen molar-refractivity contribution < 1.29 is 5.11 Å². The van der Waals surface area contributed by atoms with E-state index in [0.717, 1.165) is 5.69 Å². The van der Waals surface area contributed by atoms with Gasteiger partial charge in [0.15, 0.2) is 0 Å². The van der Waals surface area contributed by atoms with Crippen LogP contribution in [0.3, 0.4) is 0 Å². The summed E-state index contributed by atoms with van der Waals surface area (Å²) in [7, 11) is 0. The zero-order valence-corrected chi connectivity index (χ0v) is 10.8. The van der Waals surface area contributed by atoms with Gasteiger partial charge in [-0.25, -0.2) is 0 Å². The molecule has 1 heterocycles. The van der Waals surface area contributed by atoms with Crippen molar-refractivity contribution >= 4 is 23.2 Å². The van der Waals surface area contributed by atoms with Crippen LogP contribution in [-0.2, 0) is 6.54 Å². The van der Waals surface area contributed by atoms with Gasteiger partial charge in [0.1, 0.15) is 6.10 Å². The van der Waals surface area contributed by atoms with Crippen molar-refractivity contribution in [1.29, 1.82) is 0 Å². The summed E-state index contributed by atoms with van der Waals surface area (Å²) in [4.78, 5) is 0. The van der Waals surface area contributed by atoms with Gasteiger partial charge in [-0.15, -0.1) is 0 Å². The quantitative estimate of drug-likeness (QED) is 0.930. The summed E-state index contributed by atoms with van der Waals surface area (Å²) in [6.07, 6.45) is 0.891. The van der Waals surface area contributed by atoms with Crippen LogP contribution >= 0.6 is 23.2 Å². The van der Waals surface area contributed by atoms with Gasteiger partial charge in [0, 0.05) is 22.8 Å². The largest absolute Gasteiger partial charge is 0.382 e. The zero-order valence-electron chi connectivity index (χ0n) is 9.27. The van der Waals surface area contributed by atoms with Crippen molar-refractivity contribution in [2.75, 3.05) is 0 Å². The molecule has 0 amide bonds. The average Bonchev–Trinajstić information content (AvgIpc) is 2.74. The SMILES string of the molecule is CCn1nccc1C(O)c1cc(Cl)cc(Cl)c1. The first-order valence-electron chi connectivity index (χ1n) is 5.27. The van der Waals surface area contributed by atoms with E-state index in [2.05, 4.69) is 5.10 Å². The lowest BCUT2D eigenvalue weighted by Crippen LogP contribution is -2.09. The fourth-order valence-electron chi connectivity index (χ4n) is 1.74. The monoisotopic (exact) mass is 270 g/mol. The highest BCUT2D eigenvalue weighted by atomic mass is 35.5. The van der Waals surface area contributed by atoms with Gasteiger partial charge in [-0.2, -0.15) is 5.10 Å². The standard InChI is InChI=1S/C12H12Cl2N2O/c1-2-16-11(3-4-15-16)12(17)8-5-9(13)7-10(14)6-8/h3-7,12,17H,2H2,1H3. The number of nitrogens with zero attached hydrogens (tertiary/aromatic N) is 2. The van der Waals surface area contributed by atoms with Gasteiger partial charge in [-0.1, -0.05) is 23.2 Å². The molecule has 17 heavy (non-hydrogen) atoms. The molecule has 90 valence electrons. The van der Waals surface area contributed by atoms with Gasteiger partial charge in [0.2, 0.25) is 0 Å². The summed E-state index contributed by atoms with van der Waals surface area (Å²) in [5.41, 5.74) is 1.39. The third kappa shape index (κ3) is 2.63. The molecule has 0 radical (unpaired) electrons. The molecule has 0 aliphatic carbocycles. The lowest BCUT2D eigenvalue weighted by molar-refractivity contribution is 0.208. The molecule has 1 aromatic heterocycles. The van der Waals surface area contributed by atoms with Crippen LogP contribution in [0.5, 0.6) is 0 Å². The maximum Gasteiger partial charge on any atom is 0.121 e. The number of halogens is 2. The Morgan fingerprint density at radius 1 is 1.29 bits per heavy atom. The predicted molar refractivity (Wildman–Crippen MR) is 68.4 cm³/mol. The number of hydrogen-bond donors (Lipinski definition) is 1. The summed E-state index contributed by atoms with van der Waals surface area (Å²) in [5.74, 6) is 0. The van der Waals surface area contributed by atoms with Crippen molar-refractivity contribution in [3.8, 4) is 0 Å². The normalized spacial score (nSPS) is 12.7. The third-order valence-electron chi connectivity index (χ3n) is 2.53. The molecule has 0 aliphatic heterocycles. The van der Waals surface area contributed by atoms with E-state index in [1.165, 1.54) is 0 Å². The molecule has 1 N–H and O–H groups in total. The summed E-state index contributed by atoms with van der Waals surface area (Å²) in [6.45, 7) is 2.67. The van der Waals surface area contributed by atoms with Crippen LogP contribution in [0, 0.1) is 0 Å². The summed E-state index contributed by atoms with van der Waals surface area (Å²) >= 11 is 11.8. The van der Waals surface area contributed by atoms with Crippen LogP contribution in [0.25, 0.3) is 0 Å². The van der Waals surface area contributed by atoms with Crippen LogP contribution in [0.4, 0.5) is 0 Å². The number of benzene rings is 1. The summed E-state index contributed by atoms with van der Waals surface area (Å²) in [5, 5.41) is 15.4. The molecule has 5 heteroatoms. The highest BCUT2D eigenvalue weighted by molar-refractivity contribution is 6.34. The van der Waals surface area contributed by atoms with E-state index >= 15 is 0 Å². The molecule has 0 bridgehead atoms. The molecule has 3 nitrogen and oxygen atoms in total. The van der Waals surface area contributed by atoms with Gasteiger partial charge in [-0.05, 0) is 36.8 Å². The topological polar surface area (TPSA) is 38.0 Å². The van der Waals surface area contributed by atoms with E-state index in [1.54, 1.807) is 35.1 Å². The fraction of sp³-hybridized carbons (Fsp3) is 0.250. The number of aliphatic hydroxyl groups is 1. The van der Waals surface area contributed by atoms with Crippen LogP contribution in [0.2, 0.25) is 10.0 Å². The van der Waals surface area contributed by atoms with E-state index in [1.807, 2.05) is 6.92 Å². The maximum atomic E-state index is 10.3. The molecule has 0 fully saturated rings. The van der Waals surface area contributed by atoms with Crippen molar-refractivity contribution in [2.24, 2.45) is 0 Å². The van der Waals surface area contributed by atoms with Gasteiger partial charge in [0.05, 0.1) is 5.69 Å². The minimum atomic E-state index is -0.770. The van der Waals surface area contributed by atoms with Crippen LogP contribution in [0.1, 0.15) is 24.3 Å².